The summed E-state index contributed by atoms with van der Waals surface area (Å²) < 4.78 is 0. The Morgan fingerprint density at radius 1 is 1.39 bits per heavy atom. The molecule has 1 unspecified atom stereocenters. The lowest BCUT2D eigenvalue weighted by atomic mass is 10.3. The summed E-state index contributed by atoms with van der Waals surface area (Å²) in [5.41, 5.74) is 5.06. The molecule has 0 aliphatic carbocycles. The lowest BCUT2D eigenvalue weighted by molar-refractivity contribution is -0.117. The van der Waals surface area contributed by atoms with Crippen LogP contribution in [-0.4, -0.2) is 34.0 Å². The molecule has 96 valence electrons. The Balaban J connectivity index is 2.64. The van der Waals surface area contributed by atoms with Crippen molar-refractivity contribution in [2.45, 2.75) is 13.0 Å². The summed E-state index contributed by atoms with van der Waals surface area (Å²) in [7, 11) is 0. The number of hydrogen-bond donors (Lipinski definition) is 4. The second-order valence-electron chi connectivity index (χ2n) is 3.46. The van der Waals surface area contributed by atoms with Crippen LogP contribution in [0.25, 0.3) is 0 Å². The van der Waals surface area contributed by atoms with Crippen LogP contribution in [0.1, 0.15) is 17.4 Å². The number of carboxylic acids is 1. The van der Waals surface area contributed by atoms with Crippen LogP contribution in [0.5, 0.6) is 0 Å². The fraction of sp³-hybridized carbons (Fsp3) is 0.200. The van der Waals surface area contributed by atoms with Crippen molar-refractivity contribution >= 4 is 23.6 Å². The van der Waals surface area contributed by atoms with Crippen molar-refractivity contribution in [3.05, 3.63) is 24.0 Å². The molecule has 0 aliphatic rings. The molecule has 1 heterocycles. The van der Waals surface area contributed by atoms with E-state index in [0.29, 0.717) is 5.69 Å². The molecule has 0 aliphatic heterocycles. The van der Waals surface area contributed by atoms with E-state index in [9.17, 15) is 14.4 Å². The van der Waals surface area contributed by atoms with Crippen molar-refractivity contribution in [2.75, 3.05) is 5.32 Å². The molecule has 8 heteroatoms. The largest absolute Gasteiger partial charge is 0.477 e. The maximum absolute atomic E-state index is 11.5. The molecule has 1 rings (SSSR count). The van der Waals surface area contributed by atoms with Crippen LogP contribution in [0.15, 0.2) is 18.3 Å². The monoisotopic (exact) mass is 252 g/mol. The Labute approximate surface area is 102 Å². The number of amides is 3. The number of hydrogen-bond acceptors (Lipinski definition) is 4. The normalized spacial score (nSPS) is 11.4. The number of carboxylic acid groups (broad SMARTS) is 1. The van der Waals surface area contributed by atoms with Gasteiger partial charge in [-0.2, -0.15) is 0 Å². The molecule has 0 saturated heterocycles. The minimum Gasteiger partial charge on any atom is -0.477 e. The SMILES string of the molecule is CC(NC(N)=O)C(=O)Nc1ccc(C(=O)O)nc1. The second kappa shape index (κ2) is 5.62. The standard InChI is InChI=1S/C10H12N4O4/c1-5(13-10(11)18)8(15)14-6-2-3-7(9(16)17)12-4-6/h2-5H,1H3,(H,14,15)(H,16,17)(H3,11,13,18). The minimum atomic E-state index is -1.16. The molecular weight excluding hydrogens is 240 g/mol. The summed E-state index contributed by atoms with van der Waals surface area (Å²) in [6.07, 6.45) is 1.21. The zero-order valence-corrected chi connectivity index (χ0v) is 9.51. The predicted octanol–water partition coefficient (Wildman–Crippen LogP) is -0.225. The van der Waals surface area contributed by atoms with E-state index in [-0.39, 0.29) is 5.69 Å². The van der Waals surface area contributed by atoms with Crippen LogP contribution in [0.3, 0.4) is 0 Å². The van der Waals surface area contributed by atoms with Gasteiger partial charge >= 0.3 is 12.0 Å². The van der Waals surface area contributed by atoms with Gasteiger partial charge in [-0.3, -0.25) is 4.79 Å². The van der Waals surface area contributed by atoms with Crippen LogP contribution in [0.2, 0.25) is 0 Å². The minimum absolute atomic E-state index is 0.128. The van der Waals surface area contributed by atoms with Gasteiger partial charge in [-0.05, 0) is 19.1 Å². The fourth-order valence-electron chi connectivity index (χ4n) is 1.12. The maximum Gasteiger partial charge on any atom is 0.354 e. The summed E-state index contributed by atoms with van der Waals surface area (Å²) in [6.45, 7) is 1.46. The highest BCUT2D eigenvalue weighted by molar-refractivity contribution is 5.96. The van der Waals surface area contributed by atoms with E-state index in [1.807, 2.05) is 0 Å². The number of nitrogens with two attached hydrogens (primary N) is 1. The van der Waals surface area contributed by atoms with Crippen LogP contribution < -0.4 is 16.4 Å². The molecular formula is C10H12N4O4. The molecule has 1 aromatic rings. The van der Waals surface area contributed by atoms with Gasteiger partial charge in [0.2, 0.25) is 5.91 Å². The van der Waals surface area contributed by atoms with Gasteiger partial charge in [0, 0.05) is 0 Å². The topological polar surface area (TPSA) is 134 Å². The van der Waals surface area contributed by atoms with Crippen molar-refractivity contribution in [2.24, 2.45) is 5.73 Å². The van der Waals surface area contributed by atoms with Crippen molar-refractivity contribution in [1.82, 2.24) is 10.3 Å². The van der Waals surface area contributed by atoms with E-state index in [2.05, 4.69) is 15.6 Å². The van der Waals surface area contributed by atoms with E-state index >= 15 is 0 Å². The number of pyridine rings is 1. The van der Waals surface area contributed by atoms with Crippen LogP contribution in [-0.2, 0) is 4.79 Å². The molecule has 0 spiro atoms. The summed E-state index contributed by atoms with van der Waals surface area (Å²) in [5.74, 6) is -1.64. The molecule has 1 atom stereocenters. The molecule has 0 radical (unpaired) electrons. The highest BCUT2D eigenvalue weighted by atomic mass is 16.4. The third-order valence-electron chi connectivity index (χ3n) is 2.00. The third kappa shape index (κ3) is 3.74. The molecule has 18 heavy (non-hydrogen) atoms. The Bertz CT molecular complexity index is 471. The number of urea groups is 1. The molecule has 0 aromatic carbocycles. The van der Waals surface area contributed by atoms with E-state index in [0.717, 1.165) is 0 Å². The second-order valence-corrected chi connectivity index (χ2v) is 3.46. The van der Waals surface area contributed by atoms with Gasteiger partial charge in [0.25, 0.3) is 0 Å². The number of aromatic nitrogens is 1. The van der Waals surface area contributed by atoms with Crippen molar-refractivity contribution < 1.29 is 19.5 Å². The zero-order valence-electron chi connectivity index (χ0n) is 9.51. The van der Waals surface area contributed by atoms with E-state index < -0.39 is 23.9 Å². The van der Waals surface area contributed by atoms with Crippen LogP contribution >= 0.6 is 0 Å². The Morgan fingerprint density at radius 3 is 2.50 bits per heavy atom. The smallest absolute Gasteiger partial charge is 0.354 e. The first-order valence-corrected chi connectivity index (χ1v) is 4.96. The highest BCUT2D eigenvalue weighted by Crippen LogP contribution is 2.06. The summed E-state index contributed by atoms with van der Waals surface area (Å²) in [5, 5.41) is 13.3. The number of anilines is 1. The van der Waals surface area contributed by atoms with Crippen LogP contribution in [0.4, 0.5) is 10.5 Å². The number of primary amides is 1. The Hall–Kier alpha value is -2.64. The molecule has 0 fully saturated rings. The number of rotatable bonds is 4. The Morgan fingerprint density at radius 2 is 2.06 bits per heavy atom. The molecule has 5 N–H and O–H groups in total. The molecule has 0 bridgehead atoms. The van der Waals surface area contributed by atoms with Gasteiger partial charge in [0.15, 0.2) is 0 Å². The number of nitrogens with zero attached hydrogens (tertiary/aromatic N) is 1. The number of aromatic carboxylic acids is 1. The van der Waals surface area contributed by atoms with Crippen molar-refractivity contribution in [3.8, 4) is 0 Å². The van der Waals surface area contributed by atoms with Crippen molar-refractivity contribution in [3.63, 3.8) is 0 Å². The molecule has 0 saturated carbocycles. The average Bonchev–Trinajstić information content (AvgIpc) is 2.28. The van der Waals surface area contributed by atoms with Gasteiger partial charge in [-0.15, -0.1) is 0 Å². The molecule has 3 amide bonds. The van der Waals surface area contributed by atoms with Gasteiger partial charge in [0.1, 0.15) is 11.7 Å². The summed E-state index contributed by atoms with van der Waals surface area (Å²) in [6, 6.07) is 1.04. The van der Waals surface area contributed by atoms with Crippen molar-refractivity contribution in [1.29, 1.82) is 0 Å². The first-order chi connectivity index (χ1) is 8.40. The zero-order chi connectivity index (χ0) is 13.7. The summed E-state index contributed by atoms with van der Waals surface area (Å²) >= 11 is 0. The first kappa shape index (κ1) is 13.4. The predicted molar refractivity (Wildman–Crippen MR) is 62.0 cm³/mol. The maximum atomic E-state index is 11.5. The number of carbonyl (C=O) groups excluding carboxylic acids is 2. The number of carbonyl (C=O) groups is 3. The van der Waals surface area contributed by atoms with E-state index in [1.165, 1.54) is 25.3 Å². The molecule has 1 aromatic heterocycles. The lowest BCUT2D eigenvalue weighted by Gasteiger charge is -2.12. The van der Waals surface area contributed by atoms with Gasteiger partial charge < -0.3 is 21.5 Å². The Kier molecular flexibility index (Phi) is 4.19. The third-order valence-corrected chi connectivity index (χ3v) is 2.00. The van der Waals surface area contributed by atoms with Gasteiger partial charge in [-0.25, -0.2) is 14.6 Å². The number of nitrogens with one attached hydrogen (secondary N) is 2. The van der Waals surface area contributed by atoms with Gasteiger partial charge in [0.05, 0.1) is 11.9 Å². The first-order valence-electron chi connectivity index (χ1n) is 4.96. The van der Waals surface area contributed by atoms with E-state index in [4.69, 9.17) is 10.8 Å². The van der Waals surface area contributed by atoms with E-state index in [1.54, 1.807) is 0 Å². The molecule has 8 nitrogen and oxygen atoms in total. The highest BCUT2D eigenvalue weighted by Gasteiger charge is 2.14. The van der Waals surface area contributed by atoms with Gasteiger partial charge in [-0.1, -0.05) is 0 Å². The van der Waals surface area contributed by atoms with Crippen LogP contribution in [0, 0.1) is 0 Å². The lowest BCUT2D eigenvalue weighted by Crippen LogP contribution is -2.44. The fourth-order valence-corrected chi connectivity index (χ4v) is 1.12. The quantitative estimate of drug-likeness (QED) is 0.587. The average molecular weight is 252 g/mol. The summed E-state index contributed by atoms with van der Waals surface area (Å²) in [4.78, 5) is 36.3.